The van der Waals surface area contributed by atoms with E-state index in [2.05, 4.69) is 10.4 Å². The van der Waals surface area contributed by atoms with Gasteiger partial charge in [0.2, 0.25) is 5.91 Å². The molecule has 0 atom stereocenters. The molecule has 0 fully saturated rings. The van der Waals surface area contributed by atoms with Crippen molar-refractivity contribution >= 4 is 5.91 Å². The highest BCUT2D eigenvalue weighted by molar-refractivity contribution is 5.75. The quantitative estimate of drug-likeness (QED) is 0.866. The fourth-order valence-corrected chi connectivity index (χ4v) is 2.22. The molecule has 1 aromatic carbocycles. The molecule has 0 unspecified atom stereocenters. The van der Waals surface area contributed by atoms with Crippen LogP contribution < -0.4 is 20.3 Å². The molecule has 0 spiro atoms. The zero-order chi connectivity index (χ0) is 17.7. The molecule has 1 N–H and O–H groups in total. The summed E-state index contributed by atoms with van der Waals surface area (Å²) < 4.78 is 11.6. The number of rotatable bonds is 6. The number of carbonyl (C=O) groups excluding carboxylic acids is 1. The maximum Gasteiger partial charge on any atom is 0.267 e. The summed E-state index contributed by atoms with van der Waals surface area (Å²) in [5.74, 6) is 0.905. The van der Waals surface area contributed by atoms with Crippen molar-refractivity contribution < 1.29 is 14.3 Å². The molecule has 2 rings (SSSR count). The Morgan fingerprint density at radius 2 is 1.88 bits per heavy atom. The third-order valence-corrected chi connectivity index (χ3v) is 3.29. The number of carbonyl (C=O) groups is 1. The highest BCUT2D eigenvalue weighted by Crippen LogP contribution is 2.31. The Labute approximate surface area is 140 Å². The van der Waals surface area contributed by atoms with Gasteiger partial charge in [-0.15, -0.1) is 0 Å². The number of nitrogens with one attached hydrogen (secondary N) is 1. The van der Waals surface area contributed by atoms with Gasteiger partial charge in [-0.1, -0.05) is 0 Å². The fraction of sp³-hybridized carbons (Fsp3) is 0.353. The van der Waals surface area contributed by atoms with Gasteiger partial charge in [-0.2, -0.15) is 5.10 Å². The molecule has 128 valence electrons. The second kappa shape index (κ2) is 7.63. The van der Waals surface area contributed by atoms with E-state index in [1.807, 2.05) is 19.9 Å². The van der Waals surface area contributed by atoms with E-state index in [0.29, 0.717) is 17.2 Å². The van der Waals surface area contributed by atoms with Crippen molar-refractivity contribution in [3.05, 3.63) is 40.7 Å². The van der Waals surface area contributed by atoms with Crippen molar-refractivity contribution in [1.82, 2.24) is 15.1 Å². The first-order valence-electron chi connectivity index (χ1n) is 7.54. The van der Waals surface area contributed by atoms with Crippen LogP contribution in [0.1, 0.15) is 13.8 Å². The van der Waals surface area contributed by atoms with Crippen LogP contribution >= 0.6 is 0 Å². The summed E-state index contributed by atoms with van der Waals surface area (Å²) in [5, 5.41) is 7.00. The van der Waals surface area contributed by atoms with E-state index in [4.69, 9.17) is 9.47 Å². The summed E-state index contributed by atoms with van der Waals surface area (Å²) in [5.41, 5.74) is 0.983. The second-order valence-electron chi connectivity index (χ2n) is 5.51. The van der Waals surface area contributed by atoms with Crippen molar-refractivity contribution in [2.45, 2.75) is 26.4 Å². The lowest BCUT2D eigenvalue weighted by Crippen LogP contribution is -2.36. The predicted molar refractivity (Wildman–Crippen MR) is 90.3 cm³/mol. The lowest BCUT2D eigenvalue weighted by molar-refractivity contribution is -0.122. The van der Waals surface area contributed by atoms with Crippen molar-refractivity contribution in [2.24, 2.45) is 0 Å². The fourth-order valence-electron chi connectivity index (χ4n) is 2.22. The van der Waals surface area contributed by atoms with Gasteiger partial charge in [-0.05, 0) is 38.1 Å². The van der Waals surface area contributed by atoms with Crippen LogP contribution in [0.4, 0.5) is 0 Å². The third kappa shape index (κ3) is 4.13. The molecule has 2 aromatic rings. The Morgan fingerprint density at radius 3 is 2.50 bits per heavy atom. The van der Waals surface area contributed by atoms with E-state index in [0.717, 1.165) is 10.2 Å². The van der Waals surface area contributed by atoms with Crippen LogP contribution in [0.3, 0.4) is 0 Å². The predicted octanol–water partition coefficient (Wildman–Crippen LogP) is 1.45. The lowest BCUT2D eigenvalue weighted by atomic mass is 10.1. The summed E-state index contributed by atoms with van der Waals surface area (Å²) >= 11 is 0. The first kappa shape index (κ1) is 17.5. The summed E-state index contributed by atoms with van der Waals surface area (Å²) in [7, 11) is 3.11. The summed E-state index contributed by atoms with van der Waals surface area (Å²) in [6.45, 7) is 3.58. The standard InChI is InChI=1S/C17H21N3O4/c1-11(2)18-16(21)10-20-17(22)8-6-13(19-20)12-5-7-14(23-3)15(9-12)24-4/h5-9,11H,10H2,1-4H3,(H,18,21). The number of hydrogen-bond acceptors (Lipinski definition) is 5. The second-order valence-corrected chi connectivity index (χ2v) is 5.51. The van der Waals surface area contributed by atoms with Gasteiger partial charge in [-0.25, -0.2) is 4.68 Å². The molecule has 1 amide bonds. The van der Waals surface area contributed by atoms with Crippen LogP contribution in [0.15, 0.2) is 35.1 Å². The number of hydrogen-bond donors (Lipinski definition) is 1. The number of amides is 1. The molecular weight excluding hydrogens is 310 g/mol. The third-order valence-electron chi connectivity index (χ3n) is 3.29. The average molecular weight is 331 g/mol. The smallest absolute Gasteiger partial charge is 0.267 e. The first-order valence-corrected chi connectivity index (χ1v) is 7.54. The largest absolute Gasteiger partial charge is 0.493 e. The number of nitrogens with zero attached hydrogens (tertiary/aromatic N) is 2. The molecule has 0 saturated heterocycles. The van der Waals surface area contributed by atoms with Crippen molar-refractivity contribution in [1.29, 1.82) is 0 Å². The Bertz CT molecular complexity index is 784. The maximum absolute atomic E-state index is 11.9. The minimum Gasteiger partial charge on any atom is -0.493 e. The molecule has 0 aliphatic heterocycles. The van der Waals surface area contributed by atoms with Gasteiger partial charge in [0.05, 0.1) is 19.9 Å². The molecule has 1 aromatic heterocycles. The van der Waals surface area contributed by atoms with Gasteiger partial charge < -0.3 is 14.8 Å². The minimum absolute atomic E-state index is 0.00207. The van der Waals surface area contributed by atoms with Gasteiger partial charge in [-0.3, -0.25) is 9.59 Å². The highest BCUT2D eigenvalue weighted by Gasteiger charge is 2.11. The van der Waals surface area contributed by atoms with Gasteiger partial charge in [0.15, 0.2) is 11.5 Å². The van der Waals surface area contributed by atoms with Gasteiger partial charge in [0, 0.05) is 17.7 Å². The zero-order valence-corrected chi connectivity index (χ0v) is 14.2. The molecule has 0 radical (unpaired) electrons. The average Bonchev–Trinajstić information content (AvgIpc) is 2.55. The lowest BCUT2D eigenvalue weighted by Gasteiger charge is -2.11. The van der Waals surface area contributed by atoms with Crippen molar-refractivity contribution in [3.63, 3.8) is 0 Å². The number of aromatic nitrogens is 2. The van der Waals surface area contributed by atoms with E-state index in [1.165, 1.54) is 6.07 Å². The topological polar surface area (TPSA) is 82.5 Å². The molecule has 7 nitrogen and oxygen atoms in total. The van der Waals surface area contributed by atoms with E-state index in [9.17, 15) is 9.59 Å². The van der Waals surface area contributed by atoms with Crippen LogP contribution in [0, 0.1) is 0 Å². The summed E-state index contributed by atoms with van der Waals surface area (Å²) in [6, 6.07) is 8.35. The normalized spacial score (nSPS) is 10.5. The molecule has 24 heavy (non-hydrogen) atoms. The maximum atomic E-state index is 11.9. The van der Waals surface area contributed by atoms with Crippen LogP contribution in [-0.2, 0) is 11.3 Å². The van der Waals surface area contributed by atoms with Crippen LogP contribution in [-0.4, -0.2) is 35.9 Å². The number of methoxy groups -OCH3 is 2. The molecule has 0 aliphatic rings. The van der Waals surface area contributed by atoms with E-state index in [-0.39, 0.29) is 24.1 Å². The van der Waals surface area contributed by atoms with Crippen LogP contribution in [0.5, 0.6) is 11.5 Å². The molecule has 7 heteroatoms. The highest BCUT2D eigenvalue weighted by atomic mass is 16.5. The summed E-state index contributed by atoms with van der Waals surface area (Å²) in [4.78, 5) is 23.8. The minimum atomic E-state index is -0.335. The van der Waals surface area contributed by atoms with E-state index >= 15 is 0 Å². The molecular formula is C17H21N3O4. The first-order chi connectivity index (χ1) is 11.4. The Kier molecular flexibility index (Phi) is 5.57. The van der Waals surface area contributed by atoms with Crippen LogP contribution in [0.2, 0.25) is 0 Å². The van der Waals surface area contributed by atoms with E-state index < -0.39 is 0 Å². The van der Waals surface area contributed by atoms with Gasteiger partial charge in [0.1, 0.15) is 6.54 Å². The van der Waals surface area contributed by atoms with Crippen LogP contribution in [0.25, 0.3) is 11.3 Å². The zero-order valence-electron chi connectivity index (χ0n) is 14.2. The Balaban J connectivity index is 2.34. The molecule has 1 heterocycles. The van der Waals surface area contributed by atoms with E-state index in [1.54, 1.807) is 32.4 Å². The Morgan fingerprint density at radius 1 is 1.17 bits per heavy atom. The SMILES string of the molecule is COc1ccc(-c2ccc(=O)n(CC(=O)NC(C)C)n2)cc1OC. The van der Waals surface area contributed by atoms with Gasteiger partial charge in [0.25, 0.3) is 5.56 Å². The van der Waals surface area contributed by atoms with Crippen molar-refractivity contribution in [3.8, 4) is 22.8 Å². The number of ether oxygens (including phenoxy) is 2. The molecule has 0 aliphatic carbocycles. The van der Waals surface area contributed by atoms with Gasteiger partial charge >= 0.3 is 0 Å². The monoisotopic (exact) mass is 331 g/mol. The summed E-state index contributed by atoms with van der Waals surface area (Å²) in [6.07, 6.45) is 0. The number of benzene rings is 1. The Hall–Kier alpha value is -2.83. The molecule has 0 saturated carbocycles. The molecule has 0 bridgehead atoms. The van der Waals surface area contributed by atoms with Crippen molar-refractivity contribution in [2.75, 3.05) is 14.2 Å².